The first-order valence-electron chi connectivity index (χ1n) is 8.18. The Balaban J connectivity index is 1.77. The van der Waals surface area contributed by atoms with Gasteiger partial charge in [-0.15, -0.1) is 4.91 Å². The van der Waals surface area contributed by atoms with Crippen LogP contribution in [0.4, 0.5) is 17.1 Å². The van der Waals surface area contributed by atoms with Crippen molar-refractivity contribution in [2.75, 3.05) is 22.2 Å². The van der Waals surface area contributed by atoms with Crippen molar-refractivity contribution in [3.05, 3.63) is 53.4 Å². The second-order valence-electron chi connectivity index (χ2n) is 5.63. The normalized spacial score (nSPS) is 15.7. The average molecular weight is 354 g/mol. The number of fused-ring (bicyclic) bond motifs is 1. The number of nitrogens with one attached hydrogen (secondary N) is 2. The molecule has 2 amide bonds. The molecule has 2 aromatic carbocycles. The van der Waals surface area contributed by atoms with Crippen molar-refractivity contribution in [3.8, 4) is 5.75 Å². The molecule has 26 heavy (non-hydrogen) atoms. The van der Waals surface area contributed by atoms with Crippen LogP contribution in [0, 0.1) is 4.91 Å². The van der Waals surface area contributed by atoms with Crippen LogP contribution in [0.2, 0.25) is 0 Å². The highest BCUT2D eigenvalue weighted by Crippen LogP contribution is 2.33. The van der Waals surface area contributed by atoms with Crippen LogP contribution in [-0.4, -0.2) is 24.5 Å². The second-order valence-corrected chi connectivity index (χ2v) is 5.63. The van der Waals surface area contributed by atoms with E-state index in [1.807, 2.05) is 6.92 Å². The number of nitroso groups, excluding NO2 is 1. The summed E-state index contributed by atoms with van der Waals surface area (Å²) in [4.78, 5) is 36.1. The highest BCUT2D eigenvalue weighted by atomic mass is 16.5. The molecule has 0 spiro atoms. The quantitative estimate of drug-likeness (QED) is 0.777. The number of hydrogen-bond acceptors (Lipinski definition) is 5. The zero-order valence-corrected chi connectivity index (χ0v) is 14.1. The first-order chi connectivity index (χ1) is 12.6. The lowest BCUT2D eigenvalue weighted by atomic mass is 10.1. The van der Waals surface area contributed by atoms with E-state index in [1.165, 1.54) is 0 Å². The third-order valence-electron chi connectivity index (χ3n) is 3.93. The van der Waals surface area contributed by atoms with E-state index < -0.39 is 17.9 Å². The summed E-state index contributed by atoms with van der Waals surface area (Å²) in [6, 6.07) is 12.8. The lowest BCUT2D eigenvalue weighted by molar-refractivity contribution is -0.122. The van der Waals surface area contributed by atoms with E-state index in [2.05, 4.69) is 15.9 Å². The smallest absolute Gasteiger partial charge is 0.249 e. The van der Waals surface area contributed by atoms with Gasteiger partial charge in [0.25, 0.3) is 0 Å². The van der Waals surface area contributed by atoms with Crippen molar-refractivity contribution in [2.24, 2.45) is 5.29 Å². The molecule has 0 unspecified atom stereocenters. The van der Waals surface area contributed by atoms with Crippen LogP contribution in [0.3, 0.4) is 0 Å². The predicted molar refractivity (Wildman–Crippen MR) is 98.0 cm³/mol. The van der Waals surface area contributed by atoms with Crippen molar-refractivity contribution >= 4 is 28.9 Å². The van der Waals surface area contributed by atoms with E-state index in [9.17, 15) is 14.5 Å². The number of rotatable bonds is 6. The Kier molecular flexibility index (Phi) is 5.12. The lowest BCUT2D eigenvalue weighted by Crippen LogP contribution is -2.47. The van der Waals surface area contributed by atoms with Gasteiger partial charge in [0.2, 0.25) is 11.8 Å². The minimum atomic E-state index is -1.03. The molecule has 0 saturated carbocycles. The van der Waals surface area contributed by atoms with E-state index in [0.29, 0.717) is 29.4 Å². The van der Waals surface area contributed by atoms with Gasteiger partial charge in [0.05, 0.1) is 35.4 Å². The first-order valence-corrected chi connectivity index (χ1v) is 8.18. The lowest BCUT2D eigenvalue weighted by Gasteiger charge is -2.31. The highest BCUT2D eigenvalue weighted by molar-refractivity contribution is 6.06. The highest BCUT2D eigenvalue weighted by Gasteiger charge is 2.35. The zero-order valence-electron chi connectivity index (χ0n) is 14.1. The van der Waals surface area contributed by atoms with Gasteiger partial charge in [-0.1, -0.05) is 24.3 Å². The van der Waals surface area contributed by atoms with E-state index in [4.69, 9.17) is 4.74 Å². The fraction of sp³-hybridized carbons (Fsp3) is 0.222. The Bertz CT molecular complexity index is 839. The van der Waals surface area contributed by atoms with Crippen LogP contribution < -0.4 is 20.4 Å². The van der Waals surface area contributed by atoms with Crippen LogP contribution in [-0.2, 0) is 9.59 Å². The van der Waals surface area contributed by atoms with Crippen LogP contribution >= 0.6 is 0 Å². The SMILES string of the molecule is CCOc1ccccc1NC(=O)C[C@H]1C(=O)Nc2ccccc2N1N=O. The molecular weight excluding hydrogens is 336 g/mol. The summed E-state index contributed by atoms with van der Waals surface area (Å²) < 4.78 is 5.46. The van der Waals surface area contributed by atoms with E-state index in [-0.39, 0.29) is 6.42 Å². The molecule has 1 aliphatic heterocycles. The van der Waals surface area contributed by atoms with E-state index >= 15 is 0 Å². The number of benzene rings is 2. The fourth-order valence-electron chi connectivity index (χ4n) is 2.78. The molecule has 0 radical (unpaired) electrons. The van der Waals surface area contributed by atoms with E-state index in [1.54, 1.807) is 48.5 Å². The minimum absolute atomic E-state index is 0.230. The van der Waals surface area contributed by atoms with Crippen LogP contribution in [0.15, 0.2) is 53.8 Å². The number of carbonyl (C=O) groups excluding carboxylic acids is 2. The molecule has 8 nitrogen and oxygen atoms in total. The Morgan fingerprint density at radius 2 is 1.96 bits per heavy atom. The summed E-state index contributed by atoms with van der Waals surface area (Å²) in [6.07, 6.45) is -0.230. The summed E-state index contributed by atoms with van der Waals surface area (Å²) >= 11 is 0. The van der Waals surface area contributed by atoms with Crippen molar-refractivity contribution in [2.45, 2.75) is 19.4 Å². The van der Waals surface area contributed by atoms with Gasteiger partial charge in [0, 0.05) is 0 Å². The Morgan fingerprint density at radius 1 is 1.23 bits per heavy atom. The van der Waals surface area contributed by atoms with E-state index in [0.717, 1.165) is 5.01 Å². The van der Waals surface area contributed by atoms with Crippen molar-refractivity contribution in [1.29, 1.82) is 0 Å². The molecule has 1 aliphatic rings. The fourth-order valence-corrected chi connectivity index (χ4v) is 2.78. The topological polar surface area (TPSA) is 100 Å². The van der Waals surface area contributed by atoms with Gasteiger partial charge < -0.3 is 15.4 Å². The molecule has 0 bridgehead atoms. The Hall–Kier alpha value is -3.42. The number of amides is 2. The van der Waals surface area contributed by atoms with Crippen LogP contribution in [0.5, 0.6) is 5.75 Å². The predicted octanol–water partition coefficient (Wildman–Crippen LogP) is 2.92. The molecule has 2 N–H and O–H groups in total. The van der Waals surface area contributed by atoms with Crippen LogP contribution in [0.1, 0.15) is 13.3 Å². The Labute approximate surface area is 150 Å². The molecule has 0 aromatic heterocycles. The van der Waals surface area contributed by atoms with Gasteiger partial charge in [-0.25, -0.2) is 5.01 Å². The number of anilines is 3. The van der Waals surface area contributed by atoms with Gasteiger partial charge in [0.1, 0.15) is 11.8 Å². The summed E-state index contributed by atoms with van der Waals surface area (Å²) in [7, 11) is 0. The number of carbonyl (C=O) groups is 2. The molecule has 3 rings (SSSR count). The molecule has 2 aromatic rings. The van der Waals surface area contributed by atoms with Crippen molar-refractivity contribution < 1.29 is 14.3 Å². The maximum Gasteiger partial charge on any atom is 0.249 e. The van der Waals surface area contributed by atoms with Crippen molar-refractivity contribution in [3.63, 3.8) is 0 Å². The number of para-hydroxylation sites is 4. The molecule has 1 heterocycles. The summed E-state index contributed by atoms with van der Waals surface area (Å²) in [5.41, 5.74) is 1.44. The third-order valence-corrected chi connectivity index (χ3v) is 3.93. The molecular formula is C18H18N4O4. The maximum absolute atomic E-state index is 12.4. The summed E-state index contributed by atoms with van der Waals surface area (Å²) in [5, 5.41) is 9.38. The monoisotopic (exact) mass is 354 g/mol. The number of hydrogen-bond donors (Lipinski definition) is 2. The molecule has 0 saturated heterocycles. The average Bonchev–Trinajstić information content (AvgIpc) is 2.64. The molecule has 8 heteroatoms. The molecule has 1 atom stereocenters. The largest absolute Gasteiger partial charge is 0.492 e. The standard InChI is InChI=1S/C18H18N4O4/c1-2-26-16-10-6-4-8-13(16)19-17(23)11-15-18(24)20-12-7-3-5-9-14(12)22(15)21-25/h3-10,15H,2,11H2,1H3,(H,19,23)(H,20,24)/t15-/m0/s1. The molecule has 134 valence electrons. The van der Waals surface area contributed by atoms with Gasteiger partial charge in [-0.2, -0.15) is 0 Å². The second kappa shape index (κ2) is 7.64. The molecule has 0 fully saturated rings. The number of ether oxygens (including phenoxy) is 1. The number of nitrogens with zero attached hydrogens (tertiary/aromatic N) is 2. The summed E-state index contributed by atoms with van der Waals surface area (Å²) in [5.74, 6) is -0.353. The first kappa shape index (κ1) is 17.4. The maximum atomic E-state index is 12.4. The van der Waals surface area contributed by atoms with Crippen molar-refractivity contribution in [1.82, 2.24) is 0 Å². The van der Waals surface area contributed by atoms with Crippen LogP contribution in [0.25, 0.3) is 0 Å². The minimum Gasteiger partial charge on any atom is -0.492 e. The zero-order chi connectivity index (χ0) is 18.5. The van der Waals surface area contributed by atoms with Gasteiger partial charge >= 0.3 is 0 Å². The van der Waals surface area contributed by atoms with Gasteiger partial charge in [0.15, 0.2) is 0 Å². The third kappa shape index (κ3) is 3.49. The Morgan fingerprint density at radius 3 is 2.73 bits per heavy atom. The summed E-state index contributed by atoms with van der Waals surface area (Å²) in [6.45, 7) is 2.30. The molecule has 0 aliphatic carbocycles. The van der Waals surface area contributed by atoms with Gasteiger partial charge in [-0.05, 0) is 31.2 Å². The van der Waals surface area contributed by atoms with Gasteiger partial charge in [-0.3, -0.25) is 9.59 Å².